The number of nitrogens with zero attached hydrogens (tertiary/aromatic N) is 2. The molecule has 1 saturated carbocycles. The number of aryl methyl sites for hydroxylation is 1. The van der Waals surface area contributed by atoms with Gasteiger partial charge in [-0.3, -0.25) is 0 Å². The third-order valence-electron chi connectivity index (χ3n) is 3.15. The van der Waals surface area contributed by atoms with Crippen LogP contribution in [0.3, 0.4) is 0 Å². The lowest BCUT2D eigenvalue weighted by Gasteiger charge is -2.00. The molecule has 20 heavy (non-hydrogen) atoms. The molecule has 1 fully saturated rings. The van der Waals surface area contributed by atoms with Gasteiger partial charge in [0.05, 0.1) is 0 Å². The van der Waals surface area contributed by atoms with E-state index in [0.717, 1.165) is 39.9 Å². The molecule has 0 spiro atoms. The highest BCUT2D eigenvalue weighted by molar-refractivity contribution is 9.11. The van der Waals surface area contributed by atoms with Crippen molar-refractivity contribution in [1.82, 2.24) is 15.5 Å². The van der Waals surface area contributed by atoms with Crippen molar-refractivity contribution < 1.29 is 4.42 Å². The second-order valence-electron chi connectivity index (χ2n) is 4.99. The van der Waals surface area contributed by atoms with Gasteiger partial charge in [0.1, 0.15) is 0 Å². The van der Waals surface area contributed by atoms with E-state index >= 15 is 0 Å². The minimum atomic E-state index is 0.567. The van der Waals surface area contributed by atoms with E-state index in [4.69, 9.17) is 4.42 Å². The number of benzene rings is 1. The van der Waals surface area contributed by atoms with Gasteiger partial charge in [-0.25, -0.2) is 0 Å². The summed E-state index contributed by atoms with van der Waals surface area (Å²) in [6, 6.07) is 6.67. The molecule has 1 aromatic carbocycles. The molecule has 0 amide bonds. The molecule has 0 atom stereocenters. The molecule has 0 aliphatic heterocycles. The van der Waals surface area contributed by atoms with Gasteiger partial charge < -0.3 is 9.73 Å². The zero-order valence-electron chi connectivity index (χ0n) is 10.9. The Morgan fingerprint density at radius 2 is 1.90 bits per heavy atom. The van der Waals surface area contributed by atoms with E-state index in [1.54, 1.807) is 0 Å². The molecule has 1 aliphatic carbocycles. The molecule has 2 aromatic rings. The normalized spacial score (nSPS) is 14.7. The highest BCUT2D eigenvalue weighted by atomic mass is 79.9. The summed E-state index contributed by atoms with van der Waals surface area (Å²) in [5, 5.41) is 11.7. The van der Waals surface area contributed by atoms with Gasteiger partial charge in [-0.15, -0.1) is 10.2 Å². The zero-order chi connectivity index (χ0) is 13.9. The standard InChI is InChI=1S/C14H15Br2N3O/c15-10-6-9(7-11(16)8-10)14-19-18-13(20-14)2-1-5-17-12-3-4-12/h6-8,12,17H,1-5H2. The molecule has 6 heteroatoms. The van der Waals surface area contributed by atoms with Gasteiger partial charge in [-0.2, -0.15) is 0 Å². The number of halogens is 2. The summed E-state index contributed by atoms with van der Waals surface area (Å²) >= 11 is 6.92. The van der Waals surface area contributed by atoms with Crippen molar-refractivity contribution in [2.24, 2.45) is 0 Å². The number of hydrogen-bond donors (Lipinski definition) is 1. The summed E-state index contributed by atoms with van der Waals surface area (Å²) in [6.07, 6.45) is 4.49. The third kappa shape index (κ3) is 3.90. The quantitative estimate of drug-likeness (QED) is 0.746. The summed E-state index contributed by atoms with van der Waals surface area (Å²) in [7, 11) is 0. The van der Waals surface area contributed by atoms with Gasteiger partial charge in [0.2, 0.25) is 11.8 Å². The van der Waals surface area contributed by atoms with Crippen LogP contribution in [0.4, 0.5) is 0 Å². The monoisotopic (exact) mass is 399 g/mol. The third-order valence-corrected chi connectivity index (χ3v) is 4.07. The molecule has 1 N–H and O–H groups in total. The first-order chi connectivity index (χ1) is 9.70. The molecular weight excluding hydrogens is 386 g/mol. The van der Waals surface area contributed by atoms with Crippen molar-refractivity contribution in [3.63, 3.8) is 0 Å². The number of rotatable bonds is 6. The Morgan fingerprint density at radius 1 is 1.15 bits per heavy atom. The summed E-state index contributed by atoms with van der Waals surface area (Å²) in [5.74, 6) is 1.27. The fourth-order valence-corrected chi connectivity index (χ4v) is 3.28. The summed E-state index contributed by atoms with van der Waals surface area (Å²) in [6.45, 7) is 1.02. The number of nitrogens with one attached hydrogen (secondary N) is 1. The van der Waals surface area contributed by atoms with Crippen LogP contribution < -0.4 is 5.32 Å². The zero-order valence-corrected chi connectivity index (χ0v) is 14.1. The first kappa shape index (κ1) is 14.2. The van der Waals surface area contributed by atoms with Crippen molar-refractivity contribution >= 4 is 31.9 Å². The van der Waals surface area contributed by atoms with Crippen LogP contribution in [0.15, 0.2) is 31.6 Å². The van der Waals surface area contributed by atoms with Crippen LogP contribution in [-0.2, 0) is 6.42 Å². The lowest BCUT2D eigenvalue weighted by molar-refractivity contribution is 0.491. The molecule has 0 bridgehead atoms. The molecule has 3 rings (SSSR count). The lowest BCUT2D eigenvalue weighted by atomic mass is 10.2. The first-order valence-corrected chi connectivity index (χ1v) is 8.31. The SMILES string of the molecule is Brc1cc(Br)cc(-c2nnc(CCCNC3CC3)o2)c1. The van der Waals surface area contributed by atoms with Crippen LogP contribution >= 0.6 is 31.9 Å². The maximum Gasteiger partial charge on any atom is 0.247 e. The average molecular weight is 401 g/mol. The van der Waals surface area contributed by atoms with Gasteiger partial charge in [-0.1, -0.05) is 31.9 Å². The molecule has 0 radical (unpaired) electrons. The van der Waals surface area contributed by atoms with Crippen LogP contribution in [0, 0.1) is 0 Å². The highest BCUT2D eigenvalue weighted by Gasteiger charge is 2.19. The van der Waals surface area contributed by atoms with E-state index in [0.29, 0.717) is 11.8 Å². The van der Waals surface area contributed by atoms with Gasteiger partial charge >= 0.3 is 0 Å². The maximum absolute atomic E-state index is 5.71. The van der Waals surface area contributed by atoms with Crippen LogP contribution in [0.25, 0.3) is 11.5 Å². The molecule has 4 nitrogen and oxygen atoms in total. The van der Waals surface area contributed by atoms with E-state index < -0.39 is 0 Å². The van der Waals surface area contributed by atoms with E-state index in [-0.39, 0.29) is 0 Å². The van der Waals surface area contributed by atoms with Crippen molar-refractivity contribution in [2.45, 2.75) is 31.7 Å². The number of hydrogen-bond acceptors (Lipinski definition) is 4. The Bertz CT molecular complexity index is 576. The second kappa shape index (κ2) is 6.37. The summed E-state index contributed by atoms with van der Waals surface area (Å²) in [5.41, 5.74) is 0.918. The van der Waals surface area contributed by atoms with Crippen LogP contribution in [0.5, 0.6) is 0 Å². The van der Waals surface area contributed by atoms with Crippen LogP contribution in [0.2, 0.25) is 0 Å². The lowest BCUT2D eigenvalue weighted by Crippen LogP contribution is -2.17. The van der Waals surface area contributed by atoms with Crippen molar-refractivity contribution in [3.8, 4) is 11.5 Å². The Labute approximate surface area is 134 Å². The predicted molar refractivity (Wildman–Crippen MR) is 84.5 cm³/mol. The maximum atomic E-state index is 5.71. The molecule has 0 unspecified atom stereocenters. The van der Waals surface area contributed by atoms with Crippen LogP contribution in [0.1, 0.15) is 25.2 Å². The molecule has 106 valence electrons. The van der Waals surface area contributed by atoms with Gasteiger partial charge in [0, 0.05) is 27.0 Å². The predicted octanol–water partition coefficient (Wildman–Crippen LogP) is 3.95. The van der Waals surface area contributed by atoms with Crippen LogP contribution in [-0.4, -0.2) is 22.8 Å². The van der Waals surface area contributed by atoms with Gasteiger partial charge in [0.25, 0.3) is 0 Å². The largest absolute Gasteiger partial charge is 0.421 e. The Hall–Kier alpha value is -0.720. The smallest absolute Gasteiger partial charge is 0.247 e. The molecule has 1 heterocycles. The number of aromatic nitrogens is 2. The fourth-order valence-electron chi connectivity index (χ4n) is 1.98. The highest BCUT2D eigenvalue weighted by Crippen LogP contribution is 2.27. The minimum absolute atomic E-state index is 0.567. The molecule has 1 aliphatic rings. The Kier molecular flexibility index (Phi) is 4.53. The fraction of sp³-hybridized carbons (Fsp3) is 0.429. The minimum Gasteiger partial charge on any atom is -0.421 e. The molecular formula is C14H15Br2N3O. The summed E-state index contributed by atoms with van der Waals surface area (Å²) in [4.78, 5) is 0. The summed E-state index contributed by atoms with van der Waals surface area (Å²) < 4.78 is 7.67. The average Bonchev–Trinajstić information content (AvgIpc) is 3.10. The Balaban J connectivity index is 1.60. The van der Waals surface area contributed by atoms with Crippen molar-refractivity contribution in [1.29, 1.82) is 0 Å². The van der Waals surface area contributed by atoms with E-state index in [2.05, 4.69) is 47.4 Å². The van der Waals surface area contributed by atoms with Crippen molar-refractivity contribution in [2.75, 3.05) is 6.54 Å². The molecule has 0 saturated heterocycles. The van der Waals surface area contributed by atoms with Crippen molar-refractivity contribution in [3.05, 3.63) is 33.0 Å². The Morgan fingerprint density at radius 3 is 2.60 bits per heavy atom. The van der Waals surface area contributed by atoms with Gasteiger partial charge in [0.15, 0.2) is 0 Å². The van der Waals surface area contributed by atoms with E-state index in [9.17, 15) is 0 Å². The topological polar surface area (TPSA) is 51.0 Å². The van der Waals surface area contributed by atoms with Gasteiger partial charge in [-0.05, 0) is 44.0 Å². The van der Waals surface area contributed by atoms with E-state index in [1.807, 2.05) is 18.2 Å². The molecule has 1 aromatic heterocycles. The second-order valence-corrected chi connectivity index (χ2v) is 6.82. The first-order valence-electron chi connectivity index (χ1n) is 6.73. The van der Waals surface area contributed by atoms with E-state index in [1.165, 1.54) is 12.8 Å².